The van der Waals surface area contributed by atoms with Crippen molar-refractivity contribution in [3.63, 3.8) is 0 Å². The molecular formula is C21H20F2N2O3S. The summed E-state index contributed by atoms with van der Waals surface area (Å²) in [5.41, 5.74) is 1.63. The van der Waals surface area contributed by atoms with Crippen LogP contribution >= 0.6 is 11.3 Å². The van der Waals surface area contributed by atoms with E-state index in [4.69, 9.17) is 4.74 Å². The number of carbonyl (C=O) groups excluding carboxylic acids is 1. The third-order valence-corrected chi connectivity index (χ3v) is 5.13. The zero-order valence-electron chi connectivity index (χ0n) is 15.7. The second-order valence-electron chi connectivity index (χ2n) is 6.09. The van der Waals surface area contributed by atoms with Crippen molar-refractivity contribution >= 4 is 33.5 Å². The third-order valence-electron chi connectivity index (χ3n) is 4.04. The molecule has 0 aliphatic heterocycles. The molecule has 0 spiro atoms. The number of nitrogens with one attached hydrogen (secondary N) is 1. The molecule has 3 aromatic rings. The Morgan fingerprint density at radius 3 is 2.83 bits per heavy atom. The highest BCUT2D eigenvalue weighted by Gasteiger charge is 2.10. The van der Waals surface area contributed by atoms with Crippen molar-refractivity contribution in [2.75, 3.05) is 13.7 Å². The Bertz CT molecular complexity index is 972. The summed E-state index contributed by atoms with van der Waals surface area (Å²) in [6.45, 7) is -2.40. The van der Waals surface area contributed by atoms with Gasteiger partial charge in [0.1, 0.15) is 0 Å². The van der Waals surface area contributed by atoms with E-state index in [0.29, 0.717) is 12.1 Å². The van der Waals surface area contributed by atoms with Gasteiger partial charge in [-0.1, -0.05) is 18.2 Å². The normalized spacial score (nSPS) is 11.3. The summed E-state index contributed by atoms with van der Waals surface area (Å²) in [4.78, 5) is 16.5. The third kappa shape index (κ3) is 5.99. The first-order valence-electron chi connectivity index (χ1n) is 8.98. The van der Waals surface area contributed by atoms with Crippen LogP contribution in [0.15, 0.2) is 48.5 Å². The van der Waals surface area contributed by atoms with Crippen molar-refractivity contribution in [3.8, 4) is 11.5 Å². The van der Waals surface area contributed by atoms with E-state index in [0.717, 1.165) is 28.1 Å². The molecule has 29 heavy (non-hydrogen) atoms. The Morgan fingerprint density at radius 2 is 2.07 bits per heavy atom. The molecule has 5 nitrogen and oxygen atoms in total. The number of para-hydroxylation sites is 1. The smallest absolute Gasteiger partial charge is 0.387 e. The summed E-state index contributed by atoms with van der Waals surface area (Å²) >= 11 is 1.66. The predicted octanol–water partition coefficient (Wildman–Crippen LogP) is 4.67. The fourth-order valence-corrected chi connectivity index (χ4v) is 3.70. The lowest BCUT2D eigenvalue weighted by Crippen LogP contribution is -2.22. The van der Waals surface area contributed by atoms with Crippen molar-refractivity contribution in [3.05, 3.63) is 59.1 Å². The highest BCUT2D eigenvalue weighted by Crippen LogP contribution is 2.29. The highest BCUT2D eigenvalue weighted by atomic mass is 32.1. The van der Waals surface area contributed by atoms with Crippen LogP contribution in [0, 0.1) is 0 Å². The van der Waals surface area contributed by atoms with E-state index >= 15 is 0 Å². The fraction of sp³-hybridized carbons (Fsp3) is 0.238. The van der Waals surface area contributed by atoms with Crippen molar-refractivity contribution < 1.29 is 23.0 Å². The average Bonchev–Trinajstić information content (AvgIpc) is 3.13. The van der Waals surface area contributed by atoms with Gasteiger partial charge in [0, 0.05) is 19.0 Å². The zero-order chi connectivity index (χ0) is 20.6. The number of thiazole rings is 1. The van der Waals surface area contributed by atoms with Gasteiger partial charge in [-0.05, 0) is 42.3 Å². The Hall–Kier alpha value is -3.00. The van der Waals surface area contributed by atoms with Crippen molar-refractivity contribution in [2.45, 2.75) is 19.5 Å². The molecule has 1 aromatic heterocycles. The molecule has 0 saturated carbocycles. The number of rotatable bonds is 9. The maximum Gasteiger partial charge on any atom is 0.387 e. The number of hydrogen-bond acceptors (Lipinski definition) is 5. The van der Waals surface area contributed by atoms with Gasteiger partial charge < -0.3 is 14.8 Å². The van der Waals surface area contributed by atoms with Gasteiger partial charge in [0.05, 0.1) is 22.3 Å². The number of ether oxygens (including phenoxy) is 2. The van der Waals surface area contributed by atoms with E-state index in [1.54, 1.807) is 23.5 Å². The van der Waals surface area contributed by atoms with Crippen LogP contribution in [0.1, 0.15) is 17.0 Å². The number of alkyl halides is 2. The minimum Gasteiger partial charge on any atom is -0.493 e. The van der Waals surface area contributed by atoms with Crippen LogP contribution in [0.25, 0.3) is 16.3 Å². The predicted molar refractivity (Wildman–Crippen MR) is 110 cm³/mol. The van der Waals surface area contributed by atoms with Crippen LogP contribution in [-0.4, -0.2) is 31.2 Å². The monoisotopic (exact) mass is 418 g/mol. The topological polar surface area (TPSA) is 60.5 Å². The van der Waals surface area contributed by atoms with Crippen LogP contribution in [0.5, 0.6) is 11.5 Å². The van der Waals surface area contributed by atoms with Crippen LogP contribution in [0.4, 0.5) is 8.78 Å². The van der Waals surface area contributed by atoms with E-state index < -0.39 is 6.61 Å². The summed E-state index contributed by atoms with van der Waals surface area (Å²) in [6.07, 6.45) is 4.55. The SMILES string of the molecule is COc1cc(C=CC(=O)NCCCc2nc3ccccc3s2)ccc1OC(F)F. The number of amides is 1. The first-order valence-corrected chi connectivity index (χ1v) is 9.80. The number of carbonyl (C=O) groups is 1. The van der Waals surface area contributed by atoms with Crippen molar-refractivity contribution in [1.29, 1.82) is 0 Å². The second kappa shape index (κ2) is 9.97. The molecule has 0 bridgehead atoms. The molecule has 0 radical (unpaired) electrons. The standard InChI is InChI=1S/C21H20F2N2O3S/c1-27-17-13-14(8-10-16(17)28-21(22)23)9-11-19(26)24-12-4-7-20-25-15-5-2-3-6-18(15)29-20/h2-3,5-6,8-11,13,21H,4,7,12H2,1H3,(H,24,26). The van der Waals surface area contributed by atoms with Crippen molar-refractivity contribution in [1.82, 2.24) is 10.3 Å². The van der Waals surface area contributed by atoms with Gasteiger partial charge in [-0.3, -0.25) is 4.79 Å². The number of aryl methyl sites for hydroxylation is 1. The van der Waals surface area contributed by atoms with Gasteiger partial charge in [-0.15, -0.1) is 11.3 Å². The van der Waals surface area contributed by atoms with Gasteiger partial charge >= 0.3 is 6.61 Å². The molecule has 0 atom stereocenters. The van der Waals surface area contributed by atoms with Gasteiger partial charge in [0.25, 0.3) is 0 Å². The minimum atomic E-state index is -2.93. The lowest BCUT2D eigenvalue weighted by atomic mass is 10.2. The van der Waals surface area contributed by atoms with E-state index in [9.17, 15) is 13.6 Å². The number of hydrogen-bond donors (Lipinski definition) is 1. The minimum absolute atomic E-state index is 0.0565. The molecule has 1 amide bonds. The number of methoxy groups -OCH3 is 1. The van der Waals surface area contributed by atoms with Crippen LogP contribution < -0.4 is 14.8 Å². The maximum atomic E-state index is 12.4. The van der Waals surface area contributed by atoms with Gasteiger partial charge in [-0.25, -0.2) is 4.98 Å². The summed E-state index contributed by atoms with van der Waals surface area (Å²) < 4.78 is 35.3. The van der Waals surface area contributed by atoms with Gasteiger partial charge in [-0.2, -0.15) is 8.78 Å². The Kier molecular flexibility index (Phi) is 7.13. The summed E-state index contributed by atoms with van der Waals surface area (Å²) in [5.74, 6) is -0.121. The molecule has 0 aliphatic rings. The largest absolute Gasteiger partial charge is 0.493 e. The molecular weight excluding hydrogens is 398 g/mol. The molecule has 152 valence electrons. The summed E-state index contributed by atoms with van der Waals surface area (Å²) in [6, 6.07) is 12.5. The van der Waals surface area contributed by atoms with Crippen LogP contribution in [0.3, 0.4) is 0 Å². The molecule has 3 rings (SSSR count). The maximum absolute atomic E-state index is 12.4. The molecule has 1 heterocycles. The van der Waals surface area contributed by atoms with Crippen LogP contribution in [0.2, 0.25) is 0 Å². The van der Waals surface area contributed by atoms with E-state index in [1.807, 2.05) is 24.3 Å². The Balaban J connectivity index is 1.46. The quantitative estimate of drug-likeness (QED) is 0.405. The Morgan fingerprint density at radius 1 is 1.24 bits per heavy atom. The van der Waals surface area contributed by atoms with Crippen molar-refractivity contribution in [2.24, 2.45) is 0 Å². The lowest BCUT2D eigenvalue weighted by Gasteiger charge is -2.10. The molecule has 0 unspecified atom stereocenters. The van der Waals surface area contributed by atoms with Crippen LogP contribution in [-0.2, 0) is 11.2 Å². The van der Waals surface area contributed by atoms with E-state index in [2.05, 4.69) is 15.0 Å². The zero-order valence-corrected chi connectivity index (χ0v) is 16.5. The molecule has 8 heteroatoms. The molecule has 2 aromatic carbocycles. The second-order valence-corrected chi connectivity index (χ2v) is 7.21. The number of halogens is 2. The average molecular weight is 418 g/mol. The lowest BCUT2D eigenvalue weighted by molar-refractivity contribution is -0.116. The summed E-state index contributed by atoms with van der Waals surface area (Å²) in [5, 5.41) is 3.87. The summed E-state index contributed by atoms with van der Waals surface area (Å²) in [7, 11) is 1.36. The first kappa shape index (κ1) is 20.7. The number of nitrogens with zero attached hydrogens (tertiary/aromatic N) is 1. The van der Waals surface area contributed by atoms with E-state index in [1.165, 1.54) is 25.3 Å². The first-order chi connectivity index (χ1) is 14.0. The molecule has 0 saturated heterocycles. The molecule has 1 N–H and O–H groups in total. The molecule has 0 aliphatic carbocycles. The highest BCUT2D eigenvalue weighted by molar-refractivity contribution is 7.18. The fourth-order valence-electron chi connectivity index (χ4n) is 2.69. The van der Waals surface area contributed by atoms with E-state index in [-0.39, 0.29) is 17.4 Å². The Labute approximate surface area is 171 Å². The number of fused-ring (bicyclic) bond motifs is 1. The molecule has 0 fully saturated rings. The van der Waals surface area contributed by atoms with Gasteiger partial charge in [0.2, 0.25) is 5.91 Å². The van der Waals surface area contributed by atoms with Gasteiger partial charge in [0.15, 0.2) is 11.5 Å². The number of aromatic nitrogens is 1. The number of benzene rings is 2.